The minimum absolute atomic E-state index is 0.00576. The maximum Gasteiger partial charge on any atom is 0.312 e. The first kappa shape index (κ1) is 98.6. The average molecular weight is 2070 g/mol. The number of esters is 6. The Hall–Kier alpha value is -4.49. The monoisotopic (exact) mass is 2070 g/mol. The molecular weight excluding hydrogens is 1890 g/mol. The second kappa shape index (κ2) is 34.5. The lowest BCUT2D eigenvalue weighted by Crippen LogP contribution is -2.67. The third kappa shape index (κ3) is 15.8. The van der Waals surface area contributed by atoms with Crippen molar-refractivity contribution in [3.63, 3.8) is 0 Å². The Morgan fingerprint density at radius 1 is 0.220 bits per heavy atom. The largest absolute Gasteiger partial charge is 0.465 e. The molecule has 23 nitrogen and oxygen atoms in total. The molecule has 44 fully saturated rings. The summed E-state index contributed by atoms with van der Waals surface area (Å²) in [6.07, 6.45) is 57.2. The van der Waals surface area contributed by atoms with Crippen LogP contribution in [0.15, 0.2) is 0 Å². The van der Waals surface area contributed by atoms with Gasteiger partial charge in [0.1, 0.15) is 56.0 Å². The Morgan fingerprint density at radius 2 is 0.413 bits per heavy atom. The topological polar surface area (TPSA) is 283 Å². The minimum atomic E-state index is -0.704. The summed E-state index contributed by atoms with van der Waals surface area (Å²) in [5.74, 6) is 14.5. The smallest absolute Gasteiger partial charge is 0.312 e. The predicted molar refractivity (Wildman–Crippen MR) is 543 cm³/mol. The number of rotatable bonds is 18. The van der Waals surface area contributed by atoms with Crippen LogP contribution in [0.5, 0.6) is 0 Å². The molecular formula is C127H176O23. The van der Waals surface area contributed by atoms with E-state index in [1.54, 1.807) is 0 Å². The molecule has 0 aromatic heterocycles. The predicted octanol–water partition coefficient (Wildman–Crippen LogP) is 21.4. The molecule has 0 radical (unpaired) electrons. The number of hydrogen-bond acceptors (Lipinski definition) is 23. The van der Waals surface area contributed by atoms with E-state index in [1.807, 2.05) is 0 Å². The van der Waals surface area contributed by atoms with Crippen molar-refractivity contribution in [3.8, 4) is 0 Å². The van der Waals surface area contributed by atoms with Crippen LogP contribution in [-0.4, -0.2) is 168 Å². The van der Waals surface area contributed by atoms with E-state index >= 15 is 0 Å². The SMILES string of the molecule is CC12CC3CC(C1)C1(OC(COC(=O)C45CC6CC(C4)C(=O)C(C6)C5)C(COC(=O)C45CC6CC(C4)C(=O)C(C6)C5)O1)C(C3)C2.CC12CC3CC(C1)C1(OCC(COC(=O)C45CC6CC(C4)C(=O)C(C6)C5)CO1)C(C3)C2.CC12CC3CC(C1)C1(OCC(COC(=O)C45CC6CC(CC(C6)C4)C5)(COC(=O)C45CC6CC(CC(C6)C4)C5)CO1)C(C3)C2.CC12CC3CC(C1)C1(OCC(COC(=O)C45CC6CC(CC(C6)C4)C5)CO1)C(C3)C2. The van der Waals surface area contributed by atoms with Crippen molar-refractivity contribution >= 4 is 53.2 Å². The Kier molecular flexibility index (Phi) is 22.7. The molecule has 16 atom stereocenters. The quantitative estimate of drug-likeness (QED) is 0.0910. The van der Waals surface area contributed by atoms with Gasteiger partial charge in [-0.05, 0) is 457 Å². The fourth-order valence-corrected chi connectivity index (χ4v) is 49.3. The van der Waals surface area contributed by atoms with Crippen molar-refractivity contribution in [1.82, 2.24) is 0 Å². The summed E-state index contributed by atoms with van der Waals surface area (Å²) >= 11 is 0. The van der Waals surface area contributed by atoms with Gasteiger partial charge >= 0.3 is 35.8 Å². The van der Waals surface area contributed by atoms with Crippen LogP contribution in [0.2, 0.25) is 0 Å². The molecule has 40 saturated carbocycles. The zero-order valence-corrected chi connectivity index (χ0v) is 91.0. The molecule has 44 aliphatic rings. The van der Waals surface area contributed by atoms with Gasteiger partial charge in [0.25, 0.3) is 0 Å². The second-order valence-corrected chi connectivity index (χ2v) is 64.1. The van der Waals surface area contributed by atoms with E-state index in [9.17, 15) is 43.2 Å². The van der Waals surface area contributed by atoms with Crippen molar-refractivity contribution in [2.75, 3.05) is 79.3 Å². The molecule has 16 unspecified atom stereocenters. The first-order valence-corrected chi connectivity index (χ1v) is 62.8. The van der Waals surface area contributed by atoms with E-state index in [1.165, 1.54) is 161 Å². The van der Waals surface area contributed by atoms with Crippen LogP contribution in [0.3, 0.4) is 0 Å². The zero-order valence-electron chi connectivity index (χ0n) is 91.0. The highest BCUT2D eigenvalue weighted by Gasteiger charge is 2.74. The fourth-order valence-electron chi connectivity index (χ4n) is 49.3. The Morgan fingerprint density at radius 3 is 0.647 bits per heavy atom. The third-order valence-corrected chi connectivity index (χ3v) is 52.4. The van der Waals surface area contributed by atoms with Gasteiger partial charge < -0.3 is 66.3 Å². The first-order valence-electron chi connectivity index (χ1n) is 62.8. The van der Waals surface area contributed by atoms with Crippen molar-refractivity contribution in [3.05, 3.63) is 0 Å². The van der Waals surface area contributed by atoms with Gasteiger partial charge in [0.15, 0.2) is 23.1 Å². The first-order chi connectivity index (χ1) is 72.0. The normalized spacial score (nSPS) is 56.8. The van der Waals surface area contributed by atoms with E-state index in [2.05, 4.69) is 27.7 Å². The molecule has 23 heteroatoms. The number of ether oxygens (including phenoxy) is 14. The second-order valence-electron chi connectivity index (χ2n) is 64.1. The molecule has 0 amide bonds. The molecule has 822 valence electrons. The van der Waals surface area contributed by atoms with Crippen molar-refractivity contribution in [2.24, 2.45) is 249 Å². The molecule has 40 aliphatic carbocycles. The molecule has 4 aliphatic heterocycles. The number of carbonyl (C=O) groups is 9. The van der Waals surface area contributed by atoms with Gasteiger partial charge in [0.05, 0.1) is 90.8 Å². The summed E-state index contributed by atoms with van der Waals surface area (Å²) in [6, 6.07) is 0. The van der Waals surface area contributed by atoms with Crippen LogP contribution in [0.1, 0.15) is 368 Å². The standard InChI is InChI=1S/C38H54O6.C37H48O8.C26H36O5.C26H38O4/c1-34-10-29-8-30(17-34)38(31(9-29)18-34)43-21-35(22-44-38,19-41-32(39)36-11-23-2-24(12-36)4-25(3-23)13-36)20-42-33(40)37-14-26-5-27(15-37)7-28(6-26)16-37;1-34-8-21-6-26(15-34)37(27(7-21)16-34)44-28(17-42-32(40)35-9-19-2-22(11-35)30(38)23(3-19)12-35)29(45-37)18-43-33(41)36-10-20-4-24(13-36)31(39)25(5-20)14-36;1-24-6-16-4-20(10-24)26(21(5-16)11-24)30-13-17(14-31-26)12-29-23(28)25-7-15-2-18(8-25)22(27)19(3-15)9-25;1-24-7-19-5-21(11-24)26(22(6-19)12-24)29-14-20(15-30-26)13-28-23(27)25-8-16-2-17(9-25)4-18(3-16)10-25/h23-31H,2-22H2,1H3;19-29H,2-18H2,1H3;15-21H,2-14H2,1H3;16-22H,2-15H2,1H3. The summed E-state index contributed by atoms with van der Waals surface area (Å²) in [4.78, 5) is 120. The molecule has 4 heterocycles. The maximum absolute atomic E-state index is 14.0. The minimum Gasteiger partial charge on any atom is -0.465 e. The molecule has 0 aromatic carbocycles. The Bertz CT molecular complexity index is 5050. The van der Waals surface area contributed by atoms with Gasteiger partial charge in [0.2, 0.25) is 0 Å². The average Bonchev–Trinajstić information content (AvgIpc) is 0.829. The number of ketones is 3. The molecule has 0 N–H and O–H groups in total. The van der Waals surface area contributed by atoms with Gasteiger partial charge in [-0.2, -0.15) is 0 Å². The third-order valence-electron chi connectivity index (χ3n) is 52.4. The number of carbonyl (C=O) groups excluding carboxylic acids is 9. The summed E-state index contributed by atoms with van der Waals surface area (Å²) in [5.41, 5.74) is -1.05. The highest BCUT2D eigenvalue weighted by Crippen LogP contribution is 2.75. The number of hydrogen-bond donors (Lipinski definition) is 0. The van der Waals surface area contributed by atoms with E-state index < -0.39 is 40.0 Å². The van der Waals surface area contributed by atoms with Crippen molar-refractivity contribution < 1.29 is 109 Å². The lowest BCUT2D eigenvalue weighted by molar-refractivity contribution is -0.392. The van der Waals surface area contributed by atoms with Crippen LogP contribution in [0.4, 0.5) is 0 Å². The molecule has 150 heavy (non-hydrogen) atoms. The van der Waals surface area contributed by atoms with Gasteiger partial charge in [-0.15, -0.1) is 0 Å². The van der Waals surface area contributed by atoms with Gasteiger partial charge in [-0.1, -0.05) is 27.7 Å². The lowest BCUT2D eigenvalue weighted by atomic mass is 9.47. The summed E-state index contributed by atoms with van der Waals surface area (Å²) in [7, 11) is 0. The van der Waals surface area contributed by atoms with E-state index in [0.29, 0.717) is 218 Å². The zero-order chi connectivity index (χ0) is 101. The summed E-state index contributed by atoms with van der Waals surface area (Å²) in [5, 5.41) is 0. The maximum atomic E-state index is 14.0. The lowest BCUT2D eigenvalue weighted by Gasteiger charge is -2.65. The number of Topliss-reactive ketones (excluding diaryl/α,β-unsaturated/α-hetero) is 3. The van der Waals surface area contributed by atoms with Crippen LogP contribution in [0.25, 0.3) is 0 Å². The Labute approximate surface area is 889 Å². The van der Waals surface area contributed by atoms with E-state index in [-0.39, 0.29) is 143 Å². The van der Waals surface area contributed by atoms with Gasteiger partial charge in [-0.3, -0.25) is 43.2 Å². The molecule has 4 saturated heterocycles. The Balaban J connectivity index is 0.0000000914. The van der Waals surface area contributed by atoms with Crippen LogP contribution in [0, 0.1) is 249 Å². The molecule has 44 rings (SSSR count). The van der Waals surface area contributed by atoms with Crippen LogP contribution < -0.4 is 0 Å². The van der Waals surface area contributed by atoms with Crippen LogP contribution in [-0.2, 0) is 109 Å². The van der Waals surface area contributed by atoms with E-state index in [0.717, 1.165) is 196 Å². The highest BCUT2D eigenvalue weighted by molar-refractivity contribution is 5.92. The summed E-state index contributed by atoms with van der Waals surface area (Å²) in [6.45, 7) is 14.9. The van der Waals surface area contributed by atoms with Crippen molar-refractivity contribution in [2.45, 2.75) is 403 Å². The highest BCUT2D eigenvalue weighted by atomic mass is 16.8. The molecule has 4 spiro atoms. The molecule has 40 bridgehead atoms. The fraction of sp³-hybridized carbons (Fsp3) is 0.929. The summed E-state index contributed by atoms with van der Waals surface area (Å²) < 4.78 is 91.0. The van der Waals surface area contributed by atoms with E-state index in [4.69, 9.17) is 66.3 Å². The van der Waals surface area contributed by atoms with Gasteiger partial charge in [-0.25, -0.2) is 0 Å². The molecule has 0 aromatic rings. The van der Waals surface area contributed by atoms with Crippen molar-refractivity contribution in [1.29, 1.82) is 0 Å². The van der Waals surface area contributed by atoms with Crippen LogP contribution >= 0.6 is 0 Å². The van der Waals surface area contributed by atoms with Gasteiger partial charge in [0, 0.05) is 94.7 Å².